The Balaban J connectivity index is 1.95. The Morgan fingerprint density at radius 3 is 2.72 bits per heavy atom. The molecule has 2 heterocycles. The Morgan fingerprint density at radius 2 is 1.94 bits per heavy atom. The zero-order valence-corrected chi connectivity index (χ0v) is 10.0. The molecule has 0 amide bonds. The Labute approximate surface area is 105 Å². The Hall–Kier alpha value is -1.97. The van der Waals surface area contributed by atoms with Gasteiger partial charge in [0.15, 0.2) is 5.82 Å². The van der Waals surface area contributed by atoms with E-state index in [1.807, 2.05) is 12.1 Å². The van der Waals surface area contributed by atoms with Crippen molar-refractivity contribution >= 4 is 5.82 Å². The molecule has 92 valence electrons. The topological polar surface area (TPSA) is 29.0 Å². The molecule has 1 aromatic heterocycles. The number of anilines is 1. The van der Waals surface area contributed by atoms with Crippen molar-refractivity contribution in [1.29, 1.82) is 0 Å². The third-order valence-electron chi connectivity index (χ3n) is 3.15. The van der Waals surface area contributed by atoms with E-state index < -0.39 is 0 Å². The Kier molecular flexibility index (Phi) is 2.92. The van der Waals surface area contributed by atoms with E-state index in [4.69, 9.17) is 0 Å². The van der Waals surface area contributed by atoms with Gasteiger partial charge in [-0.15, -0.1) is 0 Å². The molecule has 1 aliphatic rings. The molecule has 1 aromatic carbocycles. The lowest BCUT2D eigenvalue weighted by Gasteiger charge is -2.16. The van der Waals surface area contributed by atoms with Crippen molar-refractivity contribution in [1.82, 2.24) is 9.97 Å². The van der Waals surface area contributed by atoms with E-state index in [2.05, 4.69) is 14.9 Å². The first-order valence-electron chi connectivity index (χ1n) is 6.17. The molecule has 0 radical (unpaired) electrons. The van der Waals surface area contributed by atoms with Gasteiger partial charge in [0.25, 0.3) is 0 Å². The molecule has 1 aliphatic heterocycles. The Bertz CT molecular complexity index is 550. The third kappa shape index (κ3) is 2.18. The quantitative estimate of drug-likeness (QED) is 0.812. The minimum Gasteiger partial charge on any atom is -0.357 e. The number of halogens is 1. The predicted octanol–water partition coefficient (Wildman–Crippen LogP) is 2.88. The fourth-order valence-electron chi connectivity index (χ4n) is 2.24. The molecule has 0 N–H and O–H groups in total. The standard InChI is InChI=1S/C14H14FN3/c15-12-5-3-4-11(10-12)14-16-7-6-13(17-14)18-8-1-2-9-18/h3-7,10H,1-2,8-9H2. The SMILES string of the molecule is Fc1cccc(-c2nccc(N3CCCC3)n2)c1. The van der Waals surface area contributed by atoms with Crippen LogP contribution in [0.25, 0.3) is 11.4 Å². The van der Waals surface area contributed by atoms with Crippen molar-refractivity contribution in [2.75, 3.05) is 18.0 Å². The van der Waals surface area contributed by atoms with Crippen LogP contribution in [-0.4, -0.2) is 23.1 Å². The summed E-state index contributed by atoms with van der Waals surface area (Å²) in [6.07, 6.45) is 4.15. The van der Waals surface area contributed by atoms with Gasteiger partial charge in [-0.05, 0) is 31.0 Å². The minimum atomic E-state index is -0.261. The second-order valence-corrected chi connectivity index (χ2v) is 4.44. The van der Waals surface area contributed by atoms with Gasteiger partial charge in [-0.3, -0.25) is 0 Å². The number of nitrogens with zero attached hydrogens (tertiary/aromatic N) is 3. The van der Waals surface area contributed by atoms with Gasteiger partial charge in [-0.1, -0.05) is 12.1 Å². The molecular weight excluding hydrogens is 229 g/mol. The summed E-state index contributed by atoms with van der Waals surface area (Å²) >= 11 is 0. The van der Waals surface area contributed by atoms with Gasteiger partial charge >= 0.3 is 0 Å². The van der Waals surface area contributed by atoms with Crippen molar-refractivity contribution in [3.05, 3.63) is 42.3 Å². The molecule has 4 heteroatoms. The number of hydrogen-bond acceptors (Lipinski definition) is 3. The highest BCUT2D eigenvalue weighted by molar-refractivity contribution is 5.57. The number of rotatable bonds is 2. The summed E-state index contributed by atoms with van der Waals surface area (Å²) in [4.78, 5) is 11.0. The summed E-state index contributed by atoms with van der Waals surface area (Å²) in [7, 11) is 0. The van der Waals surface area contributed by atoms with Crippen molar-refractivity contribution in [3.63, 3.8) is 0 Å². The minimum absolute atomic E-state index is 0.261. The van der Waals surface area contributed by atoms with Gasteiger partial charge in [0.1, 0.15) is 11.6 Å². The lowest BCUT2D eigenvalue weighted by Crippen LogP contribution is -2.19. The highest BCUT2D eigenvalue weighted by Gasteiger charge is 2.14. The van der Waals surface area contributed by atoms with Crippen LogP contribution in [0.1, 0.15) is 12.8 Å². The first kappa shape index (κ1) is 11.1. The summed E-state index contributed by atoms with van der Waals surface area (Å²) in [6, 6.07) is 8.30. The first-order chi connectivity index (χ1) is 8.83. The maximum atomic E-state index is 13.2. The molecule has 18 heavy (non-hydrogen) atoms. The zero-order valence-electron chi connectivity index (χ0n) is 10.0. The van der Waals surface area contributed by atoms with Crippen LogP contribution in [0.4, 0.5) is 10.2 Å². The average Bonchev–Trinajstić information content (AvgIpc) is 2.93. The van der Waals surface area contributed by atoms with Gasteiger partial charge in [0, 0.05) is 24.8 Å². The molecule has 1 fully saturated rings. The van der Waals surface area contributed by atoms with Crippen LogP contribution in [0.3, 0.4) is 0 Å². The van der Waals surface area contributed by atoms with Crippen LogP contribution < -0.4 is 4.90 Å². The van der Waals surface area contributed by atoms with E-state index in [0.29, 0.717) is 5.82 Å². The number of hydrogen-bond donors (Lipinski definition) is 0. The monoisotopic (exact) mass is 243 g/mol. The van der Waals surface area contributed by atoms with Crippen molar-refractivity contribution in [2.24, 2.45) is 0 Å². The molecule has 0 spiro atoms. The molecule has 0 saturated carbocycles. The van der Waals surface area contributed by atoms with Crippen LogP contribution in [0.5, 0.6) is 0 Å². The van der Waals surface area contributed by atoms with Gasteiger partial charge < -0.3 is 4.90 Å². The maximum Gasteiger partial charge on any atom is 0.161 e. The van der Waals surface area contributed by atoms with Crippen LogP contribution in [0, 0.1) is 5.82 Å². The van der Waals surface area contributed by atoms with Gasteiger partial charge in [-0.2, -0.15) is 0 Å². The summed E-state index contributed by atoms with van der Waals surface area (Å²) in [5.41, 5.74) is 0.719. The number of benzene rings is 1. The summed E-state index contributed by atoms with van der Waals surface area (Å²) < 4.78 is 13.2. The van der Waals surface area contributed by atoms with E-state index in [0.717, 1.165) is 24.5 Å². The van der Waals surface area contributed by atoms with Gasteiger partial charge in [0.05, 0.1) is 0 Å². The smallest absolute Gasteiger partial charge is 0.161 e. The van der Waals surface area contributed by atoms with E-state index in [9.17, 15) is 4.39 Å². The second-order valence-electron chi connectivity index (χ2n) is 4.44. The van der Waals surface area contributed by atoms with E-state index >= 15 is 0 Å². The van der Waals surface area contributed by atoms with Gasteiger partial charge in [-0.25, -0.2) is 14.4 Å². The fraction of sp³-hybridized carbons (Fsp3) is 0.286. The molecule has 0 bridgehead atoms. The largest absolute Gasteiger partial charge is 0.357 e. The highest BCUT2D eigenvalue weighted by atomic mass is 19.1. The highest BCUT2D eigenvalue weighted by Crippen LogP contribution is 2.21. The van der Waals surface area contributed by atoms with Crippen LogP contribution >= 0.6 is 0 Å². The first-order valence-corrected chi connectivity index (χ1v) is 6.17. The Morgan fingerprint density at radius 1 is 1.11 bits per heavy atom. The summed E-state index contributed by atoms with van der Waals surface area (Å²) in [6.45, 7) is 2.08. The molecular formula is C14H14FN3. The fourth-order valence-corrected chi connectivity index (χ4v) is 2.24. The molecule has 0 atom stereocenters. The van der Waals surface area contributed by atoms with Gasteiger partial charge in [0.2, 0.25) is 0 Å². The molecule has 2 aromatic rings. The molecule has 0 aliphatic carbocycles. The number of aromatic nitrogens is 2. The van der Waals surface area contributed by atoms with Crippen molar-refractivity contribution in [2.45, 2.75) is 12.8 Å². The lowest BCUT2D eigenvalue weighted by molar-refractivity contribution is 0.628. The summed E-state index contributed by atoms with van der Waals surface area (Å²) in [5, 5.41) is 0. The van der Waals surface area contributed by atoms with E-state index in [1.54, 1.807) is 12.3 Å². The lowest BCUT2D eigenvalue weighted by atomic mass is 10.2. The zero-order chi connectivity index (χ0) is 12.4. The van der Waals surface area contributed by atoms with Crippen LogP contribution in [0.2, 0.25) is 0 Å². The van der Waals surface area contributed by atoms with Crippen molar-refractivity contribution < 1.29 is 4.39 Å². The van der Waals surface area contributed by atoms with Crippen molar-refractivity contribution in [3.8, 4) is 11.4 Å². The normalized spacial score (nSPS) is 15.1. The molecule has 3 nitrogen and oxygen atoms in total. The van der Waals surface area contributed by atoms with E-state index in [1.165, 1.54) is 25.0 Å². The van der Waals surface area contributed by atoms with E-state index in [-0.39, 0.29) is 5.82 Å². The second kappa shape index (κ2) is 4.72. The maximum absolute atomic E-state index is 13.2. The summed E-state index contributed by atoms with van der Waals surface area (Å²) in [5.74, 6) is 1.25. The third-order valence-corrected chi connectivity index (χ3v) is 3.15. The van der Waals surface area contributed by atoms with Crippen LogP contribution in [-0.2, 0) is 0 Å². The molecule has 3 rings (SSSR count). The molecule has 0 unspecified atom stereocenters. The van der Waals surface area contributed by atoms with Crippen LogP contribution in [0.15, 0.2) is 36.5 Å². The predicted molar refractivity (Wildman–Crippen MR) is 68.9 cm³/mol. The average molecular weight is 243 g/mol. The molecule has 1 saturated heterocycles.